The molecule has 0 atom stereocenters. The van der Waals surface area contributed by atoms with Crippen LogP contribution in [0, 0.1) is 11.7 Å². The highest BCUT2D eigenvalue weighted by Gasteiger charge is 2.28. The third-order valence-electron chi connectivity index (χ3n) is 5.29. The number of nitrogens with zero attached hydrogens (tertiary/aromatic N) is 1. The van der Waals surface area contributed by atoms with E-state index in [9.17, 15) is 14.0 Å². The van der Waals surface area contributed by atoms with Gasteiger partial charge in [-0.15, -0.1) is 0 Å². The van der Waals surface area contributed by atoms with Gasteiger partial charge in [-0.25, -0.2) is 4.39 Å². The maximum atomic E-state index is 13.3. The van der Waals surface area contributed by atoms with Crippen LogP contribution in [0.3, 0.4) is 0 Å². The van der Waals surface area contributed by atoms with E-state index >= 15 is 0 Å². The van der Waals surface area contributed by atoms with Gasteiger partial charge in [-0.05, 0) is 48.7 Å². The van der Waals surface area contributed by atoms with E-state index < -0.39 is 0 Å². The molecule has 2 aromatic rings. The summed E-state index contributed by atoms with van der Waals surface area (Å²) in [5, 5.41) is 0. The molecule has 2 aliphatic heterocycles. The SMILES string of the molecule is O=C(c1ccc2c(c1)OCCO2)C1CCN(C(=O)Cc2cccc(F)c2)CC1. The molecule has 0 N–H and O–H groups in total. The first-order chi connectivity index (χ1) is 13.6. The molecule has 2 aromatic carbocycles. The Morgan fingerprint density at radius 1 is 1.00 bits per heavy atom. The largest absolute Gasteiger partial charge is 0.486 e. The van der Waals surface area contributed by atoms with Gasteiger partial charge in [-0.1, -0.05) is 12.1 Å². The second-order valence-electron chi connectivity index (χ2n) is 7.18. The Labute approximate surface area is 163 Å². The van der Waals surface area contributed by atoms with E-state index in [0.29, 0.717) is 61.8 Å². The summed E-state index contributed by atoms with van der Waals surface area (Å²) in [4.78, 5) is 27.1. The van der Waals surface area contributed by atoms with E-state index in [1.807, 2.05) is 0 Å². The number of likely N-dealkylation sites (tertiary alicyclic amines) is 1. The summed E-state index contributed by atoms with van der Waals surface area (Å²) in [6.07, 6.45) is 1.43. The van der Waals surface area contributed by atoms with Gasteiger partial charge in [0.2, 0.25) is 5.91 Å². The van der Waals surface area contributed by atoms with Crippen molar-refractivity contribution in [3.05, 3.63) is 59.4 Å². The Kier molecular flexibility index (Phi) is 5.28. The minimum atomic E-state index is -0.339. The summed E-state index contributed by atoms with van der Waals surface area (Å²) in [5.74, 6) is 0.875. The maximum Gasteiger partial charge on any atom is 0.226 e. The lowest BCUT2D eigenvalue weighted by atomic mass is 9.88. The van der Waals surface area contributed by atoms with Crippen molar-refractivity contribution in [3.63, 3.8) is 0 Å². The molecule has 6 heteroatoms. The maximum absolute atomic E-state index is 13.3. The molecule has 0 unspecified atom stereocenters. The lowest BCUT2D eigenvalue weighted by molar-refractivity contribution is -0.131. The van der Waals surface area contributed by atoms with E-state index in [1.54, 1.807) is 35.2 Å². The lowest BCUT2D eigenvalue weighted by Crippen LogP contribution is -2.41. The zero-order chi connectivity index (χ0) is 19.5. The van der Waals surface area contributed by atoms with Crippen molar-refractivity contribution in [2.24, 2.45) is 5.92 Å². The molecule has 0 aliphatic carbocycles. The number of fused-ring (bicyclic) bond motifs is 1. The molecule has 1 amide bonds. The number of ketones is 1. The van der Waals surface area contributed by atoms with Crippen molar-refractivity contribution >= 4 is 11.7 Å². The first-order valence-electron chi connectivity index (χ1n) is 9.56. The number of piperidine rings is 1. The minimum Gasteiger partial charge on any atom is -0.486 e. The van der Waals surface area contributed by atoms with Crippen LogP contribution in [-0.4, -0.2) is 42.9 Å². The number of carbonyl (C=O) groups is 2. The van der Waals surface area contributed by atoms with Gasteiger partial charge in [0.05, 0.1) is 6.42 Å². The van der Waals surface area contributed by atoms with Crippen molar-refractivity contribution in [1.82, 2.24) is 4.90 Å². The number of amides is 1. The summed E-state index contributed by atoms with van der Waals surface area (Å²) in [5.41, 5.74) is 1.29. The normalized spacial score (nSPS) is 16.7. The number of Topliss-reactive ketones (excluding diaryl/α,β-unsaturated/α-hetero) is 1. The van der Waals surface area contributed by atoms with Crippen LogP contribution >= 0.6 is 0 Å². The summed E-state index contributed by atoms with van der Waals surface area (Å²) >= 11 is 0. The topological polar surface area (TPSA) is 55.8 Å². The molecule has 2 heterocycles. The highest BCUT2D eigenvalue weighted by atomic mass is 19.1. The molecule has 0 spiro atoms. The van der Waals surface area contributed by atoms with Crippen LogP contribution in [0.25, 0.3) is 0 Å². The van der Waals surface area contributed by atoms with Gasteiger partial charge < -0.3 is 14.4 Å². The van der Waals surface area contributed by atoms with Crippen molar-refractivity contribution in [2.45, 2.75) is 19.3 Å². The van der Waals surface area contributed by atoms with Gasteiger partial charge in [-0.3, -0.25) is 9.59 Å². The average Bonchev–Trinajstić information content (AvgIpc) is 2.73. The second-order valence-corrected chi connectivity index (χ2v) is 7.18. The van der Waals surface area contributed by atoms with E-state index in [0.717, 1.165) is 0 Å². The Bertz CT molecular complexity index is 890. The van der Waals surface area contributed by atoms with Gasteiger partial charge in [0.15, 0.2) is 17.3 Å². The minimum absolute atomic E-state index is 0.0316. The predicted molar refractivity (Wildman–Crippen MR) is 101 cm³/mol. The number of carbonyl (C=O) groups excluding carboxylic acids is 2. The van der Waals surface area contributed by atoms with Crippen LogP contribution in [-0.2, 0) is 11.2 Å². The molecule has 0 saturated carbocycles. The fourth-order valence-corrected chi connectivity index (χ4v) is 3.76. The monoisotopic (exact) mass is 383 g/mol. The first-order valence-corrected chi connectivity index (χ1v) is 9.56. The number of hydrogen-bond acceptors (Lipinski definition) is 4. The molecule has 1 fully saturated rings. The van der Waals surface area contributed by atoms with E-state index in [1.165, 1.54) is 12.1 Å². The highest BCUT2D eigenvalue weighted by Crippen LogP contribution is 2.32. The summed E-state index contributed by atoms with van der Waals surface area (Å²) in [7, 11) is 0. The van der Waals surface area contributed by atoms with Crippen LogP contribution in [0.2, 0.25) is 0 Å². The van der Waals surface area contributed by atoms with Crippen LogP contribution in [0.5, 0.6) is 11.5 Å². The quantitative estimate of drug-likeness (QED) is 0.761. The Morgan fingerprint density at radius 2 is 1.75 bits per heavy atom. The average molecular weight is 383 g/mol. The smallest absolute Gasteiger partial charge is 0.226 e. The van der Waals surface area contributed by atoms with E-state index in [-0.39, 0.29) is 29.8 Å². The zero-order valence-corrected chi connectivity index (χ0v) is 15.5. The molecule has 5 nitrogen and oxygen atoms in total. The molecule has 28 heavy (non-hydrogen) atoms. The lowest BCUT2D eigenvalue weighted by Gasteiger charge is -2.31. The Hall–Kier alpha value is -2.89. The molecule has 0 bridgehead atoms. The third-order valence-corrected chi connectivity index (χ3v) is 5.29. The standard InChI is InChI=1S/C22H22FNO4/c23-18-3-1-2-15(12-18)13-21(25)24-8-6-16(7-9-24)22(26)17-4-5-19-20(14-17)28-11-10-27-19/h1-5,12,14,16H,6-11,13H2. The second kappa shape index (κ2) is 8.00. The zero-order valence-electron chi connectivity index (χ0n) is 15.5. The number of rotatable bonds is 4. The predicted octanol–water partition coefficient (Wildman–Crippen LogP) is 3.26. The molecule has 2 aliphatic rings. The van der Waals surface area contributed by atoms with Crippen molar-refractivity contribution in [1.29, 1.82) is 0 Å². The molecule has 0 aromatic heterocycles. The Morgan fingerprint density at radius 3 is 2.50 bits per heavy atom. The molecule has 1 saturated heterocycles. The van der Waals surface area contributed by atoms with Gasteiger partial charge in [0.1, 0.15) is 19.0 Å². The Balaban J connectivity index is 1.34. The van der Waals surface area contributed by atoms with Gasteiger partial charge in [0.25, 0.3) is 0 Å². The molecular formula is C22H22FNO4. The number of benzene rings is 2. The van der Waals surface area contributed by atoms with Crippen molar-refractivity contribution in [3.8, 4) is 11.5 Å². The summed E-state index contributed by atoms with van der Waals surface area (Å²) in [6.45, 7) is 2.07. The number of hydrogen-bond donors (Lipinski definition) is 0. The van der Waals surface area contributed by atoms with Crippen molar-refractivity contribution < 1.29 is 23.5 Å². The molecular weight excluding hydrogens is 361 g/mol. The molecule has 4 rings (SSSR count). The van der Waals surface area contributed by atoms with Crippen LogP contribution in [0.15, 0.2) is 42.5 Å². The van der Waals surface area contributed by atoms with Crippen LogP contribution in [0.1, 0.15) is 28.8 Å². The molecule has 0 radical (unpaired) electrons. The third kappa shape index (κ3) is 4.01. The highest BCUT2D eigenvalue weighted by molar-refractivity contribution is 5.98. The first kappa shape index (κ1) is 18.5. The van der Waals surface area contributed by atoms with Crippen LogP contribution < -0.4 is 9.47 Å². The number of halogens is 1. The summed E-state index contributed by atoms with van der Waals surface area (Å²) < 4.78 is 24.3. The summed E-state index contributed by atoms with van der Waals surface area (Å²) in [6, 6.07) is 11.4. The van der Waals surface area contributed by atoms with Crippen molar-refractivity contribution in [2.75, 3.05) is 26.3 Å². The van der Waals surface area contributed by atoms with Gasteiger partial charge in [-0.2, -0.15) is 0 Å². The van der Waals surface area contributed by atoms with Crippen LogP contribution in [0.4, 0.5) is 4.39 Å². The van der Waals surface area contributed by atoms with Gasteiger partial charge in [0, 0.05) is 24.6 Å². The molecule has 146 valence electrons. The van der Waals surface area contributed by atoms with E-state index in [4.69, 9.17) is 9.47 Å². The van der Waals surface area contributed by atoms with E-state index in [2.05, 4.69) is 0 Å². The fraction of sp³-hybridized carbons (Fsp3) is 0.364. The number of ether oxygens (including phenoxy) is 2. The van der Waals surface area contributed by atoms with Gasteiger partial charge >= 0.3 is 0 Å². The fourth-order valence-electron chi connectivity index (χ4n) is 3.76.